The van der Waals surface area contributed by atoms with E-state index in [1.807, 2.05) is 20.8 Å². The van der Waals surface area contributed by atoms with Crippen LogP contribution in [0.15, 0.2) is 71.6 Å². The second-order valence-electron chi connectivity index (χ2n) is 9.56. The van der Waals surface area contributed by atoms with E-state index in [4.69, 9.17) is 34.8 Å². The van der Waals surface area contributed by atoms with E-state index in [9.17, 15) is 18.0 Å². The van der Waals surface area contributed by atoms with E-state index in [-0.39, 0.29) is 39.1 Å². The number of sulfonamides is 1. The Morgan fingerprint density at radius 1 is 0.900 bits per heavy atom. The number of hydrogen-bond acceptors (Lipinski definition) is 4. The minimum absolute atomic E-state index is 0.0197. The van der Waals surface area contributed by atoms with Crippen LogP contribution in [-0.2, 0) is 26.2 Å². The molecule has 0 saturated carbocycles. The van der Waals surface area contributed by atoms with Crippen LogP contribution >= 0.6 is 34.8 Å². The highest BCUT2D eigenvalue weighted by Crippen LogP contribution is 2.33. The number of nitrogens with one attached hydrogen (secondary N) is 1. The lowest BCUT2D eigenvalue weighted by Gasteiger charge is -2.32. The van der Waals surface area contributed by atoms with Crippen LogP contribution in [0.25, 0.3) is 0 Å². The van der Waals surface area contributed by atoms with Crippen molar-refractivity contribution in [3.05, 3.63) is 92.9 Å². The summed E-state index contributed by atoms with van der Waals surface area (Å²) in [6.07, 6.45) is 0.708. The van der Waals surface area contributed by atoms with E-state index in [2.05, 4.69) is 5.32 Å². The molecule has 0 bridgehead atoms. The second kappa shape index (κ2) is 13.7. The molecule has 0 heterocycles. The van der Waals surface area contributed by atoms with Gasteiger partial charge >= 0.3 is 0 Å². The van der Waals surface area contributed by atoms with Crippen molar-refractivity contribution in [3.63, 3.8) is 0 Å². The highest BCUT2D eigenvalue weighted by atomic mass is 35.5. The molecule has 0 aromatic heterocycles. The molecule has 3 aromatic rings. The molecular formula is C29H32Cl3N3O4S. The third kappa shape index (κ3) is 7.91. The molecule has 40 heavy (non-hydrogen) atoms. The lowest BCUT2D eigenvalue weighted by molar-refractivity contribution is -0.139. The van der Waals surface area contributed by atoms with Gasteiger partial charge in [-0.1, -0.05) is 71.6 Å². The summed E-state index contributed by atoms with van der Waals surface area (Å²) in [7, 11) is -4.26. The number of amides is 2. The van der Waals surface area contributed by atoms with E-state index >= 15 is 0 Å². The molecular weight excluding hydrogens is 593 g/mol. The van der Waals surface area contributed by atoms with E-state index in [1.54, 1.807) is 43.3 Å². The number of hydrogen-bond donors (Lipinski definition) is 1. The van der Waals surface area contributed by atoms with Gasteiger partial charge in [0, 0.05) is 22.6 Å². The van der Waals surface area contributed by atoms with Crippen LogP contribution in [0.1, 0.15) is 38.3 Å². The lowest BCUT2D eigenvalue weighted by Crippen LogP contribution is -2.52. The zero-order valence-electron chi connectivity index (χ0n) is 22.7. The summed E-state index contributed by atoms with van der Waals surface area (Å²) in [5, 5.41) is 3.76. The van der Waals surface area contributed by atoms with E-state index in [1.165, 1.54) is 35.2 Å². The quantitative estimate of drug-likeness (QED) is 0.265. The van der Waals surface area contributed by atoms with Gasteiger partial charge in [-0.15, -0.1) is 0 Å². The molecule has 0 spiro atoms. The van der Waals surface area contributed by atoms with Gasteiger partial charge in [-0.2, -0.15) is 0 Å². The minimum atomic E-state index is -4.26. The number of anilines is 1. The Morgan fingerprint density at radius 2 is 1.50 bits per heavy atom. The molecule has 3 rings (SSSR count). The van der Waals surface area contributed by atoms with E-state index in [0.29, 0.717) is 11.4 Å². The molecule has 214 valence electrons. The highest BCUT2D eigenvalue weighted by Gasteiger charge is 2.33. The summed E-state index contributed by atoms with van der Waals surface area (Å²) in [4.78, 5) is 28.4. The molecule has 0 aliphatic carbocycles. The Bertz CT molecular complexity index is 1450. The molecule has 2 atom stereocenters. The molecule has 3 aromatic carbocycles. The monoisotopic (exact) mass is 623 g/mol. The van der Waals surface area contributed by atoms with Crippen molar-refractivity contribution < 1.29 is 18.0 Å². The van der Waals surface area contributed by atoms with E-state index in [0.717, 1.165) is 15.4 Å². The lowest BCUT2D eigenvalue weighted by atomic mass is 10.1. The standard InChI is InChI=1S/C29H32Cl3N3O4S/c1-5-20(3)33-29(37)21(4)34(17-22-8-10-23(30)11-9-22)28(36)18-35(27-16-24(31)12-15-26(27)32)40(38,39)25-13-6-19(2)7-14-25/h6-16,20-21H,5,17-18H2,1-4H3,(H,33,37)/t20-,21-/m1/s1. The fourth-order valence-electron chi connectivity index (χ4n) is 3.86. The number of halogens is 3. The average Bonchev–Trinajstić information content (AvgIpc) is 2.92. The van der Waals surface area contributed by atoms with Crippen molar-refractivity contribution in [2.45, 2.75) is 57.6 Å². The van der Waals surface area contributed by atoms with Gasteiger partial charge in [-0.25, -0.2) is 8.42 Å². The predicted octanol–water partition coefficient (Wildman–Crippen LogP) is 6.48. The maximum absolute atomic E-state index is 14.0. The summed E-state index contributed by atoms with van der Waals surface area (Å²) < 4.78 is 28.8. The number of rotatable bonds is 11. The van der Waals surface area contributed by atoms with Gasteiger partial charge < -0.3 is 10.2 Å². The van der Waals surface area contributed by atoms with Crippen molar-refractivity contribution in [1.29, 1.82) is 0 Å². The van der Waals surface area contributed by atoms with Gasteiger partial charge in [-0.05, 0) is 75.2 Å². The second-order valence-corrected chi connectivity index (χ2v) is 12.7. The third-order valence-corrected chi connectivity index (χ3v) is 9.08. The number of carbonyl (C=O) groups excluding carboxylic acids is 2. The van der Waals surface area contributed by atoms with Crippen molar-refractivity contribution in [1.82, 2.24) is 10.2 Å². The molecule has 11 heteroatoms. The third-order valence-electron chi connectivity index (χ3n) is 6.50. The minimum Gasteiger partial charge on any atom is -0.352 e. The fraction of sp³-hybridized carbons (Fsp3) is 0.310. The number of carbonyl (C=O) groups is 2. The summed E-state index contributed by atoms with van der Waals surface area (Å²) in [6, 6.07) is 16.5. The Balaban J connectivity index is 2.06. The normalized spacial score (nSPS) is 12.9. The van der Waals surface area contributed by atoms with Gasteiger partial charge in [0.1, 0.15) is 12.6 Å². The van der Waals surface area contributed by atoms with Gasteiger partial charge in [0.25, 0.3) is 10.0 Å². The first kappa shape index (κ1) is 31.7. The van der Waals surface area contributed by atoms with Gasteiger partial charge in [0.2, 0.25) is 11.8 Å². The molecule has 0 fully saturated rings. The zero-order valence-corrected chi connectivity index (χ0v) is 25.8. The van der Waals surface area contributed by atoms with Crippen LogP contribution in [0.2, 0.25) is 15.1 Å². The SMILES string of the molecule is CC[C@@H](C)NC(=O)[C@@H](C)N(Cc1ccc(Cl)cc1)C(=O)CN(c1cc(Cl)ccc1Cl)S(=O)(=O)c1ccc(C)cc1. The van der Waals surface area contributed by atoms with Crippen molar-refractivity contribution >= 4 is 62.3 Å². The number of benzene rings is 3. The highest BCUT2D eigenvalue weighted by molar-refractivity contribution is 7.92. The maximum Gasteiger partial charge on any atom is 0.264 e. The molecule has 1 N–H and O–H groups in total. The Kier molecular flexibility index (Phi) is 10.9. The molecule has 0 radical (unpaired) electrons. The smallest absolute Gasteiger partial charge is 0.264 e. The van der Waals surface area contributed by atoms with Crippen LogP contribution < -0.4 is 9.62 Å². The first-order valence-electron chi connectivity index (χ1n) is 12.7. The topological polar surface area (TPSA) is 86.8 Å². The summed E-state index contributed by atoms with van der Waals surface area (Å²) >= 11 is 18.7. The number of aryl methyl sites for hydroxylation is 1. The largest absolute Gasteiger partial charge is 0.352 e. The van der Waals surface area contributed by atoms with Crippen LogP contribution in [0.5, 0.6) is 0 Å². The molecule has 0 unspecified atom stereocenters. The van der Waals surface area contributed by atoms with Crippen molar-refractivity contribution in [2.24, 2.45) is 0 Å². The zero-order chi connectivity index (χ0) is 29.6. The van der Waals surface area contributed by atoms with Crippen molar-refractivity contribution in [2.75, 3.05) is 10.8 Å². The van der Waals surface area contributed by atoms with Gasteiger partial charge in [-0.3, -0.25) is 13.9 Å². The number of nitrogens with zero attached hydrogens (tertiary/aromatic N) is 2. The van der Waals surface area contributed by atoms with Crippen molar-refractivity contribution in [3.8, 4) is 0 Å². The molecule has 2 amide bonds. The fourth-order valence-corrected chi connectivity index (χ4v) is 5.85. The summed E-state index contributed by atoms with van der Waals surface area (Å²) in [5.74, 6) is -0.959. The van der Waals surface area contributed by atoms with Crippen LogP contribution in [0.4, 0.5) is 5.69 Å². The predicted molar refractivity (Wildman–Crippen MR) is 162 cm³/mol. The average molecular weight is 625 g/mol. The van der Waals surface area contributed by atoms with Crippen LogP contribution in [0.3, 0.4) is 0 Å². The Morgan fingerprint density at radius 3 is 2.10 bits per heavy atom. The first-order valence-corrected chi connectivity index (χ1v) is 15.3. The molecule has 7 nitrogen and oxygen atoms in total. The summed E-state index contributed by atoms with van der Waals surface area (Å²) in [6.45, 7) is 6.68. The van der Waals surface area contributed by atoms with E-state index < -0.39 is 28.5 Å². The van der Waals surface area contributed by atoms with Gasteiger partial charge in [0.15, 0.2) is 0 Å². The Hall–Kier alpha value is -2.78. The Labute approximate surface area is 251 Å². The first-order chi connectivity index (χ1) is 18.8. The summed E-state index contributed by atoms with van der Waals surface area (Å²) in [5.41, 5.74) is 1.64. The van der Waals surface area contributed by atoms with Crippen LogP contribution in [0, 0.1) is 6.92 Å². The van der Waals surface area contributed by atoms with Crippen LogP contribution in [-0.4, -0.2) is 43.8 Å². The molecule has 0 aliphatic heterocycles. The van der Waals surface area contributed by atoms with Gasteiger partial charge in [0.05, 0.1) is 15.6 Å². The molecule has 0 aliphatic rings. The molecule has 0 saturated heterocycles. The maximum atomic E-state index is 14.0.